The number of aromatic nitrogens is 3. The summed E-state index contributed by atoms with van der Waals surface area (Å²) < 4.78 is 62.0. The van der Waals surface area contributed by atoms with E-state index >= 15 is 0 Å². The van der Waals surface area contributed by atoms with Crippen LogP contribution in [0.2, 0.25) is 0 Å². The minimum absolute atomic E-state index is 0.0896. The highest BCUT2D eigenvalue weighted by Gasteiger charge is 2.49. The number of rotatable bonds is 2. The zero-order valence-corrected chi connectivity index (χ0v) is 9.10. The molecule has 0 unspecified atom stereocenters. The third-order valence-corrected chi connectivity index (χ3v) is 2.78. The van der Waals surface area contributed by atoms with Crippen molar-refractivity contribution in [3.63, 3.8) is 0 Å². The average molecular weight is 283 g/mol. The first-order valence-corrected chi connectivity index (χ1v) is 5.66. The molecule has 2 heterocycles. The van der Waals surface area contributed by atoms with E-state index in [1.807, 2.05) is 0 Å². The highest BCUT2D eigenvalue weighted by atomic mass is 32.2. The number of hydrogen-bond donors (Lipinski definition) is 1. The third-order valence-electron chi connectivity index (χ3n) is 1.82. The molecule has 0 spiro atoms. The summed E-state index contributed by atoms with van der Waals surface area (Å²) in [5, 5.41) is 16.2. The highest BCUT2D eigenvalue weighted by molar-refractivity contribution is 7.87. The van der Waals surface area contributed by atoms with Gasteiger partial charge < -0.3 is 9.29 Å². The molecule has 2 aromatic heterocycles. The summed E-state index contributed by atoms with van der Waals surface area (Å²) in [4.78, 5) is 0. The fourth-order valence-corrected chi connectivity index (χ4v) is 1.48. The van der Waals surface area contributed by atoms with Gasteiger partial charge >= 0.3 is 15.6 Å². The number of halogens is 3. The van der Waals surface area contributed by atoms with Crippen LogP contribution >= 0.6 is 0 Å². The number of aromatic hydroxyl groups is 1. The number of alkyl halides is 3. The van der Waals surface area contributed by atoms with E-state index in [1.54, 1.807) is 0 Å². The van der Waals surface area contributed by atoms with Crippen molar-refractivity contribution in [1.82, 2.24) is 14.8 Å². The van der Waals surface area contributed by atoms with Gasteiger partial charge in [0.1, 0.15) is 11.3 Å². The van der Waals surface area contributed by atoms with Gasteiger partial charge in [-0.05, 0) is 6.07 Å². The Morgan fingerprint density at radius 1 is 1.39 bits per heavy atom. The molecule has 0 saturated carbocycles. The van der Waals surface area contributed by atoms with Crippen molar-refractivity contribution in [3.05, 3.63) is 18.3 Å². The van der Waals surface area contributed by atoms with Gasteiger partial charge in [0.2, 0.25) is 0 Å². The van der Waals surface area contributed by atoms with E-state index in [2.05, 4.69) is 14.4 Å². The second-order valence-corrected chi connectivity index (χ2v) is 4.59. The molecule has 1 N–H and O–H groups in total. The Labute approximate surface area is 97.5 Å². The second-order valence-electron chi connectivity index (χ2n) is 3.06. The number of hydrogen-bond acceptors (Lipinski definition) is 6. The molecule has 0 amide bonds. The SMILES string of the molecule is O=S(=O)(Oc1cc(O)c2ccnn2n1)C(F)(F)F. The molecule has 0 atom stereocenters. The van der Waals surface area contributed by atoms with Crippen LogP contribution in [0.25, 0.3) is 5.52 Å². The first-order chi connectivity index (χ1) is 8.21. The topological polar surface area (TPSA) is 93.8 Å². The maximum absolute atomic E-state index is 12.0. The maximum atomic E-state index is 12.0. The van der Waals surface area contributed by atoms with Gasteiger partial charge in [-0.2, -0.15) is 26.7 Å². The molecule has 7 nitrogen and oxygen atoms in total. The largest absolute Gasteiger partial charge is 0.534 e. The summed E-state index contributed by atoms with van der Waals surface area (Å²) in [6, 6.07) is 1.96. The summed E-state index contributed by atoms with van der Waals surface area (Å²) in [5.41, 5.74) is -5.49. The summed E-state index contributed by atoms with van der Waals surface area (Å²) in [7, 11) is -5.83. The van der Waals surface area contributed by atoms with Gasteiger partial charge in [-0.1, -0.05) is 0 Å². The van der Waals surface area contributed by atoms with Gasteiger partial charge in [-0.25, -0.2) is 0 Å². The van der Waals surface area contributed by atoms with E-state index in [-0.39, 0.29) is 5.52 Å². The van der Waals surface area contributed by atoms with Crippen molar-refractivity contribution in [2.75, 3.05) is 0 Å². The van der Waals surface area contributed by atoms with Gasteiger partial charge in [0.25, 0.3) is 5.88 Å². The maximum Gasteiger partial charge on any atom is 0.534 e. The Hall–Kier alpha value is -2.04. The summed E-state index contributed by atoms with van der Waals surface area (Å²) >= 11 is 0. The van der Waals surface area contributed by atoms with Crippen LogP contribution in [0.1, 0.15) is 0 Å². The molecule has 0 aliphatic rings. The molecular weight excluding hydrogens is 279 g/mol. The normalized spacial score (nSPS) is 12.8. The molecule has 0 aromatic carbocycles. The van der Waals surface area contributed by atoms with Crippen LogP contribution in [-0.4, -0.2) is 33.9 Å². The van der Waals surface area contributed by atoms with Crippen molar-refractivity contribution in [2.24, 2.45) is 0 Å². The van der Waals surface area contributed by atoms with Gasteiger partial charge in [-0.3, -0.25) is 0 Å². The highest BCUT2D eigenvalue weighted by Crippen LogP contribution is 2.28. The molecule has 11 heteroatoms. The lowest BCUT2D eigenvalue weighted by atomic mass is 10.4. The molecule has 2 aromatic rings. The second kappa shape index (κ2) is 3.73. The van der Waals surface area contributed by atoms with Gasteiger partial charge in [0.15, 0.2) is 0 Å². The summed E-state index contributed by atoms with van der Waals surface area (Å²) in [6.07, 6.45) is 1.21. The van der Waals surface area contributed by atoms with Crippen molar-refractivity contribution >= 4 is 15.6 Å². The van der Waals surface area contributed by atoms with Crippen LogP contribution in [0, 0.1) is 0 Å². The van der Waals surface area contributed by atoms with E-state index in [0.717, 1.165) is 4.63 Å². The predicted octanol–water partition coefficient (Wildman–Crippen LogP) is 0.663. The lowest BCUT2D eigenvalue weighted by Crippen LogP contribution is -2.28. The van der Waals surface area contributed by atoms with E-state index in [1.165, 1.54) is 12.3 Å². The van der Waals surface area contributed by atoms with Gasteiger partial charge in [0, 0.05) is 6.07 Å². The Balaban J connectivity index is 2.45. The van der Waals surface area contributed by atoms with E-state index in [4.69, 9.17) is 0 Å². The van der Waals surface area contributed by atoms with Gasteiger partial charge in [-0.15, -0.1) is 9.73 Å². The van der Waals surface area contributed by atoms with Crippen molar-refractivity contribution in [2.45, 2.75) is 5.51 Å². The smallest absolute Gasteiger partial charge is 0.505 e. The minimum atomic E-state index is -5.83. The first kappa shape index (κ1) is 12.4. The van der Waals surface area contributed by atoms with Crippen LogP contribution in [0.4, 0.5) is 13.2 Å². The third kappa shape index (κ3) is 2.03. The first-order valence-electron chi connectivity index (χ1n) is 4.25. The van der Waals surface area contributed by atoms with Crippen LogP contribution in [0.3, 0.4) is 0 Å². The lowest BCUT2D eigenvalue weighted by Gasteiger charge is -2.08. The average Bonchev–Trinajstić information content (AvgIpc) is 2.63. The summed E-state index contributed by atoms with van der Waals surface area (Å²) in [5.74, 6) is -1.46. The van der Waals surface area contributed by atoms with E-state index in [9.17, 15) is 26.7 Å². The van der Waals surface area contributed by atoms with Crippen LogP contribution < -0.4 is 4.18 Å². The van der Waals surface area contributed by atoms with Crippen LogP contribution in [-0.2, 0) is 10.1 Å². The molecule has 18 heavy (non-hydrogen) atoms. The van der Waals surface area contributed by atoms with Crippen molar-refractivity contribution < 1.29 is 30.9 Å². The quantitative estimate of drug-likeness (QED) is 0.643. The number of nitrogens with zero attached hydrogens (tertiary/aromatic N) is 3. The van der Waals surface area contributed by atoms with Crippen molar-refractivity contribution in [3.8, 4) is 11.6 Å². The zero-order chi connectivity index (χ0) is 13.6. The number of fused-ring (bicyclic) bond motifs is 1. The van der Waals surface area contributed by atoms with Crippen molar-refractivity contribution in [1.29, 1.82) is 0 Å². The molecule has 2 rings (SSSR count). The molecular formula is C7H4F3N3O4S. The fourth-order valence-electron chi connectivity index (χ4n) is 1.08. The molecule has 0 saturated heterocycles. The zero-order valence-electron chi connectivity index (χ0n) is 8.29. The molecule has 0 aliphatic heterocycles. The standard InChI is InChI=1S/C7H4F3N3O4S/c8-7(9,10)18(15,16)17-6-3-5(14)4-1-2-11-13(4)12-6/h1-3,14H. The Kier molecular flexibility index (Phi) is 2.57. The van der Waals surface area contributed by atoms with E-state index in [0.29, 0.717) is 6.07 Å². The fraction of sp³-hybridized carbons (Fsp3) is 0.143. The predicted molar refractivity (Wildman–Crippen MR) is 50.3 cm³/mol. The summed E-state index contributed by atoms with van der Waals surface area (Å²) in [6.45, 7) is 0. The molecule has 0 bridgehead atoms. The monoisotopic (exact) mass is 283 g/mol. The van der Waals surface area contributed by atoms with Crippen LogP contribution in [0.15, 0.2) is 18.3 Å². The Bertz CT molecular complexity index is 694. The molecule has 0 fully saturated rings. The molecule has 0 radical (unpaired) electrons. The van der Waals surface area contributed by atoms with E-state index < -0.39 is 27.3 Å². The Morgan fingerprint density at radius 2 is 2.06 bits per heavy atom. The molecule has 98 valence electrons. The Morgan fingerprint density at radius 3 is 2.67 bits per heavy atom. The minimum Gasteiger partial charge on any atom is -0.505 e. The lowest BCUT2D eigenvalue weighted by molar-refractivity contribution is -0.0501. The van der Waals surface area contributed by atoms with Crippen LogP contribution in [0.5, 0.6) is 11.6 Å². The molecule has 0 aliphatic carbocycles. The van der Waals surface area contributed by atoms with Gasteiger partial charge in [0.05, 0.1) is 6.20 Å².